The molecule has 1 aromatic carbocycles. The van der Waals surface area contributed by atoms with Crippen LogP contribution in [0, 0.1) is 5.92 Å². The number of halogens is 4. The molecular weight excluding hydrogens is 536 g/mol. The van der Waals surface area contributed by atoms with Crippen LogP contribution < -0.4 is 5.32 Å². The minimum atomic E-state index is -4.34. The third-order valence-corrected chi connectivity index (χ3v) is 5.78. The predicted molar refractivity (Wildman–Crippen MR) is 130 cm³/mol. The van der Waals surface area contributed by atoms with Gasteiger partial charge in [-0.05, 0) is 31.0 Å². The quantitative estimate of drug-likeness (QED) is 0.309. The number of morpholine rings is 1. The standard InChI is InChI=1S/C22H33F3N4O2.HI/c1-3-26-21(28(2)15-17-8-11-31-16-17)27-14-20(29-9-12-30-13-10-29)18-4-6-19(7-5-18)22(23,24)25;/h4-7,17,20H,3,8-16H2,1-2H3,(H,26,27);1H. The molecule has 0 aromatic heterocycles. The zero-order chi connectivity index (χ0) is 22.3. The lowest BCUT2D eigenvalue weighted by Gasteiger charge is -2.34. The van der Waals surface area contributed by atoms with Crippen LogP contribution in [0.5, 0.6) is 0 Å². The molecule has 2 aliphatic rings. The van der Waals surface area contributed by atoms with Crippen LogP contribution in [0.3, 0.4) is 0 Å². The fourth-order valence-corrected chi connectivity index (χ4v) is 4.06. The summed E-state index contributed by atoms with van der Waals surface area (Å²) in [6.45, 7) is 8.34. The van der Waals surface area contributed by atoms with Gasteiger partial charge in [0.2, 0.25) is 0 Å². The van der Waals surface area contributed by atoms with Gasteiger partial charge < -0.3 is 19.7 Å². The number of benzene rings is 1. The van der Waals surface area contributed by atoms with E-state index in [1.54, 1.807) is 12.1 Å². The fraction of sp³-hybridized carbons (Fsp3) is 0.682. The molecule has 0 spiro atoms. The lowest BCUT2D eigenvalue weighted by molar-refractivity contribution is -0.137. The average molecular weight is 570 g/mol. The summed E-state index contributed by atoms with van der Waals surface area (Å²) in [7, 11) is 2.02. The van der Waals surface area contributed by atoms with E-state index in [1.807, 2.05) is 14.0 Å². The van der Waals surface area contributed by atoms with E-state index in [9.17, 15) is 13.2 Å². The molecule has 6 nitrogen and oxygen atoms in total. The molecule has 3 rings (SSSR count). The van der Waals surface area contributed by atoms with Crippen molar-refractivity contribution in [2.75, 3.05) is 66.2 Å². The van der Waals surface area contributed by atoms with E-state index in [1.165, 1.54) is 0 Å². The summed E-state index contributed by atoms with van der Waals surface area (Å²) in [6.07, 6.45) is -3.29. The van der Waals surface area contributed by atoms with E-state index in [4.69, 9.17) is 14.5 Å². The first-order valence-electron chi connectivity index (χ1n) is 10.9. The van der Waals surface area contributed by atoms with Crippen molar-refractivity contribution in [3.63, 3.8) is 0 Å². The Kier molecular flexibility index (Phi) is 11.0. The van der Waals surface area contributed by atoms with Crippen molar-refractivity contribution in [1.29, 1.82) is 0 Å². The molecule has 2 saturated heterocycles. The normalized spacial score (nSPS) is 21.2. The molecule has 2 aliphatic heterocycles. The van der Waals surface area contributed by atoms with Crippen molar-refractivity contribution in [1.82, 2.24) is 15.1 Å². The van der Waals surface area contributed by atoms with E-state index in [-0.39, 0.29) is 30.0 Å². The molecule has 2 fully saturated rings. The molecule has 0 bridgehead atoms. The first kappa shape index (κ1) is 27.1. The van der Waals surface area contributed by atoms with Gasteiger partial charge in [0, 0.05) is 45.8 Å². The number of aliphatic imine (C=N–C) groups is 1. The van der Waals surface area contributed by atoms with E-state index >= 15 is 0 Å². The Hall–Kier alpha value is -1.11. The third kappa shape index (κ3) is 7.74. The predicted octanol–water partition coefficient (Wildman–Crippen LogP) is 3.63. The van der Waals surface area contributed by atoms with Gasteiger partial charge in [0.25, 0.3) is 0 Å². The second-order valence-corrected chi connectivity index (χ2v) is 8.09. The zero-order valence-corrected chi connectivity index (χ0v) is 21.1. The van der Waals surface area contributed by atoms with Gasteiger partial charge in [0.1, 0.15) is 0 Å². The smallest absolute Gasteiger partial charge is 0.381 e. The molecule has 182 valence electrons. The second kappa shape index (κ2) is 13.0. The Morgan fingerprint density at radius 3 is 2.44 bits per heavy atom. The number of hydrogen-bond donors (Lipinski definition) is 1. The van der Waals surface area contributed by atoms with Crippen LogP contribution in [0.1, 0.15) is 30.5 Å². The van der Waals surface area contributed by atoms with Crippen molar-refractivity contribution in [3.05, 3.63) is 35.4 Å². The van der Waals surface area contributed by atoms with Crippen LogP contribution in [0.4, 0.5) is 13.2 Å². The maximum atomic E-state index is 13.0. The Morgan fingerprint density at radius 1 is 1.19 bits per heavy atom. The van der Waals surface area contributed by atoms with Gasteiger partial charge in [0.05, 0.1) is 38.0 Å². The van der Waals surface area contributed by atoms with Crippen LogP contribution in [0.2, 0.25) is 0 Å². The summed E-state index contributed by atoms with van der Waals surface area (Å²) in [6, 6.07) is 5.35. The monoisotopic (exact) mass is 570 g/mol. The molecular formula is C22H34F3IN4O2. The summed E-state index contributed by atoms with van der Waals surface area (Å²) >= 11 is 0. The molecule has 10 heteroatoms. The van der Waals surface area contributed by atoms with Crippen LogP contribution in [0.25, 0.3) is 0 Å². The topological polar surface area (TPSA) is 49.3 Å². The molecule has 1 N–H and O–H groups in total. The molecule has 2 heterocycles. The van der Waals surface area contributed by atoms with Crippen molar-refractivity contribution in [2.24, 2.45) is 10.9 Å². The van der Waals surface area contributed by atoms with Gasteiger partial charge in [0.15, 0.2) is 5.96 Å². The number of rotatable bonds is 7. The highest BCUT2D eigenvalue weighted by Crippen LogP contribution is 2.31. The summed E-state index contributed by atoms with van der Waals surface area (Å²) in [4.78, 5) is 9.22. The summed E-state index contributed by atoms with van der Waals surface area (Å²) in [5, 5.41) is 3.34. The lowest BCUT2D eigenvalue weighted by Crippen LogP contribution is -2.43. The molecule has 2 atom stereocenters. The first-order valence-corrected chi connectivity index (χ1v) is 10.9. The van der Waals surface area contributed by atoms with Crippen molar-refractivity contribution >= 4 is 29.9 Å². The maximum Gasteiger partial charge on any atom is 0.416 e. The number of alkyl halides is 3. The highest BCUT2D eigenvalue weighted by atomic mass is 127. The van der Waals surface area contributed by atoms with E-state index in [0.29, 0.717) is 25.7 Å². The average Bonchev–Trinajstić information content (AvgIpc) is 3.26. The van der Waals surface area contributed by atoms with Crippen LogP contribution in [0.15, 0.2) is 29.3 Å². The number of guanidine groups is 1. The number of hydrogen-bond acceptors (Lipinski definition) is 4. The Labute approximate surface area is 205 Å². The molecule has 2 unspecified atom stereocenters. The van der Waals surface area contributed by atoms with Gasteiger partial charge in [-0.3, -0.25) is 9.89 Å². The summed E-state index contributed by atoms with van der Waals surface area (Å²) in [5.41, 5.74) is 0.202. The van der Waals surface area contributed by atoms with Gasteiger partial charge in [-0.15, -0.1) is 24.0 Å². The SMILES string of the molecule is CCNC(=NCC(c1ccc(C(F)(F)F)cc1)N1CCOCC1)N(C)CC1CCOC1.I. The van der Waals surface area contributed by atoms with Gasteiger partial charge in [-0.2, -0.15) is 13.2 Å². The molecule has 0 saturated carbocycles. The highest BCUT2D eigenvalue weighted by molar-refractivity contribution is 14.0. The molecule has 1 aromatic rings. The third-order valence-electron chi connectivity index (χ3n) is 5.78. The molecule has 0 aliphatic carbocycles. The van der Waals surface area contributed by atoms with Crippen molar-refractivity contribution in [3.8, 4) is 0 Å². The molecule has 32 heavy (non-hydrogen) atoms. The minimum absolute atomic E-state index is 0. The Bertz CT molecular complexity index is 706. The van der Waals surface area contributed by atoms with Crippen molar-refractivity contribution < 1.29 is 22.6 Å². The van der Waals surface area contributed by atoms with E-state index in [2.05, 4.69) is 15.1 Å². The van der Waals surface area contributed by atoms with Crippen LogP contribution in [-0.4, -0.2) is 82.0 Å². The number of ether oxygens (including phenoxy) is 2. The van der Waals surface area contributed by atoms with E-state index < -0.39 is 11.7 Å². The lowest BCUT2D eigenvalue weighted by atomic mass is 10.0. The largest absolute Gasteiger partial charge is 0.416 e. The van der Waals surface area contributed by atoms with E-state index in [0.717, 1.165) is 69.5 Å². The van der Waals surface area contributed by atoms with Crippen LogP contribution >= 0.6 is 24.0 Å². The first-order chi connectivity index (χ1) is 14.9. The molecule has 0 radical (unpaired) electrons. The highest BCUT2D eigenvalue weighted by Gasteiger charge is 2.31. The van der Waals surface area contributed by atoms with Gasteiger partial charge in [-0.25, -0.2) is 0 Å². The minimum Gasteiger partial charge on any atom is -0.381 e. The fourth-order valence-electron chi connectivity index (χ4n) is 4.06. The summed E-state index contributed by atoms with van der Waals surface area (Å²) in [5.74, 6) is 1.29. The Balaban J connectivity index is 0.00000363. The summed E-state index contributed by atoms with van der Waals surface area (Å²) < 4.78 is 49.9. The number of nitrogens with one attached hydrogen (secondary N) is 1. The van der Waals surface area contributed by atoms with Gasteiger partial charge in [-0.1, -0.05) is 12.1 Å². The molecule has 0 amide bonds. The number of nitrogens with zero attached hydrogens (tertiary/aromatic N) is 3. The zero-order valence-electron chi connectivity index (χ0n) is 18.7. The van der Waals surface area contributed by atoms with Crippen molar-refractivity contribution in [2.45, 2.75) is 25.6 Å². The second-order valence-electron chi connectivity index (χ2n) is 8.09. The van der Waals surface area contributed by atoms with Gasteiger partial charge >= 0.3 is 6.18 Å². The maximum absolute atomic E-state index is 13.0. The Morgan fingerprint density at radius 2 is 1.88 bits per heavy atom. The van der Waals surface area contributed by atoms with Crippen LogP contribution in [-0.2, 0) is 15.7 Å².